The summed E-state index contributed by atoms with van der Waals surface area (Å²) in [4.78, 5) is 25.0. The second-order valence-electron chi connectivity index (χ2n) is 7.78. The van der Waals surface area contributed by atoms with Crippen LogP contribution in [0.1, 0.15) is 63.9 Å². The quantitative estimate of drug-likeness (QED) is 0.810. The Bertz CT molecular complexity index is 654. The molecule has 2 atom stereocenters. The van der Waals surface area contributed by atoms with Gasteiger partial charge in [0, 0.05) is 11.6 Å². The number of amides is 1. The lowest BCUT2D eigenvalue weighted by atomic mass is 9.78. The van der Waals surface area contributed by atoms with Crippen LogP contribution in [0, 0.1) is 11.7 Å². The van der Waals surface area contributed by atoms with Crippen molar-refractivity contribution in [2.45, 2.75) is 69.7 Å². The number of nitrogens with one attached hydrogen (secondary N) is 1. The van der Waals surface area contributed by atoms with Gasteiger partial charge < -0.3 is 10.1 Å². The van der Waals surface area contributed by atoms with E-state index in [1.807, 2.05) is 0 Å². The minimum atomic E-state index is -0.955. The van der Waals surface area contributed by atoms with E-state index in [9.17, 15) is 14.0 Å². The summed E-state index contributed by atoms with van der Waals surface area (Å²) < 4.78 is 19.7. The van der Waals surface area contributed by atoms with Crippen LogP contribution < -0.4 is 5.32 Å². The zero-order valence-corrected chi connectivity index (χ0v) is 15.4. The van der Waals surface area contributed by atoms with Gasteiger partial charge in [0.2, 0.25) is 0 Å². The van der Waals surface area contributed by atoms with Crippen LogP contribution in [-0.2, 0) is 19.7 Å². The zero-order chi connectivity index (χ0) is 18.6. The topological polar surface area (TPSA) is 55.4 Å². The number of carbonyl (C=O) groups excluding carboxylic acids is 2. The summed E-state index contributed by atoms with van der Waals surface area (Å²) in [6.07, 6.45) is 7.24. The van der Waals surface area contributed by atoms with Gasteiger partial charge in [0.15, 0.2) is 6.61 Å². The number of benzene rings is 1. The molecule has 0 aliphatic heterocycles. The summed E-state index contributed by atoms with van der Waals surface area (Å²) in [5, 5.41) is 2.99. The van der Waals surface area contributed by atoms with Gasteiger partial charge in [0.25, 0.3) is 5.91 Å². The predicted octanol–water partition coefficient (Wildman–Crippen LogP) is 3.88. The van der Waals surface area contributed by atoms with E-state index < -0.39 is 11.4 Å². The van der Waals surface area contributed by atoms with E-state index in [2.05, 4.69) is 12.2 Å². The van der Waals surface area contributed by atoms with Crippen molar-refractivity contribution in [2.24, 2.45) is 5.92 Å². The third kappa shape index (κ3) is 3.92. The van der Waals surface area contributed by atoms with Crippen molar-refractivity contribution in [1.82, 2.24) is 5.32 Å². The van der Waals surface area contributed by atoms with Crippen molar-refractivity contribution in [2.75, 3.05) is 6.61 Å². The van der Waals surface area contributed by atoms with Crippen molar-refractivity contribution in [3.8, 4) is 0 Å². The first kappa shape index (κ1) is 18.9. The van der Waals surface area contributed by atoms with Crippen molar-refractivity contribution < 1.29 is 18.7 Å². The second-order valence-corrected chi connectivity index (χ2v) is 7.78. The molecule has 2 saturated carbocycles. The highest BCUT2D eigenvalue weighted by atomic mass is 19.1. The number of hydrogen-bond acceptors (Lipinski definition) is 3. The number of ether oxygens (including phenoxy) is 1. The van der Waals surface area contributed by atoms with E-state index in [0.29, 0.717) is 24.3 Å². The van der Waals surface area contributed by atoms with E-state index in [1.54, 1.807) is 18.2 Å². The summed E-state index contributed by atoms with van der Waals surface area (Å²) in [6.45, 7) is 1.85. The summed E-state index contributed by atoms with van der Waals surface area (Å²) in [6, 6.07) is 6.54. The Morgan fingerprint density at radius 3 is 2.54 bits per heavy atom. The van der Waals surface area contributed by atoms with Gasteiger partial charge in [0.05, 0.1) is 5.41 Å². The zero-order valence-electron chi connectivity index (χ0n) is 15.4. The van der Waals surface area contributed by atoms with Gasteiger partial charge in [-0.15, -0.1) is 0 Å². The SMILES string of the molecule is C[C@H]1CCCC[C@@H]1NC(=O)COC(=O)C1(c2ccccc2F)CCCC1. The summed E-state index contributed by atoms with van der Waals surface area (Å²) in [5.41, 5.74) is -0.562. The highest BCUT2D eigenvalue weighted by Crippen LogP contribution is 2.43. The fourth-order valence-corrected chi connectivity index (χ4v) is 4.46. The lowest BCUT2D eigenvalue weighted by Gasteiger charge is -2.30. The van der Waals surface area contributed by atoms with E-state index >= 15 is 0 Å². The van der Waals surface area contributed by atoms with Crippen molar-refractivity contribution >= 4 is 11.9 Å². The molecule has 142 valence electrons. The van der Waals surface area contributed by atoms with E-state index in [4.69, 9.17) is 4.74 Å². The lowest BCUT2D eigenvalue weighted by Crippen LogP contribution is -2.44. The minimum absolute atomic E-state index is 0.155. The molecule has 1 N–H and O–H groups in total. The Morgan fingerprint density at radius 1 is 1.15 bits per heavy atom. The van der Waals surface area contributed by atoms with Gasteiger partial charge in [-0.2, -0.15) is 0 Å². The Morgan fingerprint density at radius 2 is 1.85 bits per heavy atom. The molecule has 0 unspecified atom stereocenters. The molecule has 3 rings (SSSR count). The first-order valence-electron chi connectivity index (χ1n) is 9.74. The summed E-state index contributed by atoms with van der Waals surface area (Å²) in [5.74, 6) is -0.680. The number of carbonyl (C=O) groups is 2. The molecule has 2 fully saturated rings. The molecule has 1 aromatic carbocycles. The Kier molecular flexibility index (Phi) is 5.94. The van der Waals surface area contributed by atoms with Crippen molar-refractivity contribution in [3.05, 3.63) is 35.6 Å². The smallest absolute Gasteiger partial charge is 0.317 e. The van der Waals surface area contributed by atoms with Gasteiger partial charge in [-0.25, -0.2) is 4.39 Å². The van der Waals surface area contributed by atoms with Crippen molar-refractivity contribution in [1.29, 1.82) is 0 Å². The molecule has 0 spiro atoms. The van der Waals surface area contributed by atoms with Crippen LogP contribution in [0.15, 0.2) is 24.3 Å². The monoisotopic (exact) mass is 361 g/mol. The third-order valence-electron chi connectivity index (χ3n) is 6.03. The molecule has 26 heavy (non-hydrogen) atoms. The molecular weight excluding hydrogens is 333 g/mol. The largest absolute Gasteiger partial charge is 0.455 e. The average molecular weight is 361 g/mol. The van der Waals surface area contributed by atoms with Crippen LogP contribution in [0.25, 0.3) is 0 Å². The minimum Gasteiger partial charge on any atom is -0.455 e. The number of esters is 1. The van der Waals surface area contributed by atoms with Crippen LogP contribution in [-0.4, -0.2) is 24.5 Å². The Labute approximate surface area is 154 Å². The molecule has 1 aromatic rings. The standard InChI is InChI=1S/C21H28FNO3/c1-15-8-2-5-11-18(15)23-19(24)14-26-20(25)21(12-6-7-13-21)16-9-3-4-10-17(16)22/h3-4,9-10,15,18H,2,5-8,11-14H2,1H3,(H,23,24)/t15-,18-/m0/s1. The molecule has 0 aromatic heterocycles. The normalized spacial score (nSPS) is 24.8. The van der Waals surface area contributed by atoms with Crippen LogP contribution in [0.5, 0.6) is 0 Å². The van der Waals surface area contributed by atoms with Gasteiger partial charge in [0.1, 0.15) is 5.82 Å². The number of rotatable bonds is 5. The number of hydrogen-bond donors (Lipinski definition) is 1. The summed E-state index contributed by atoms with van der Waals surface area (Å²) >= 11 is 0. The van der Waals surface area contributed by atoms with Gasteiger partial charge >= 0.3 is 5.97 Å². The lowest BCUT2D eigenvalue weighted by molar-refractivity contribution is -0.154. The fraction of sp³-hybridized carbons (Fsp3) is 0.619. The molecular formula is C21H28FNO3. The maximum Gasteiger partial charge on any atom is 0.317 e. The third-order valence-corrected chi connectivity index (χ3v) is 6.03. The molecule has 0 radical (unpaired) electrons. The van der Waals surface area contributed by atoms with Gasteiger partial charge in [-0.3, -0.25) is 9.59 Å². The van der Waals surface area contributed by atoms with Crippen molar-refractivity contribution in [3.63, 3.8) is 0 Å². The molecule has 2 aliphatic carbocycles. The summed E-state index contributed by atoms with van der Waals surface area (Å²) in [7, 11) is 0. The van der Waals surface area contributed by atoms with Gasteiger partial charge in [-0.1, -0.05) is 50.8 Å². The molecule has 1 amide bonds. The fourth-order valence-electron chi connectivity index (χ4n) is 4.46. The maximum absolute atomic E-state index is 14.3. The first-order valence-corrected chi connectivity index (χ1v) is 9.74. The second kappa shape index (κ2) is 8.19. The molecule has 0 saturated heterocycles. The maximum atomic E-state index is 14.3. The van der Waals surface area contributed by atoms with Crippen LogP contribution >= 0.6 is 0 Å². The van der Waals surface area contributed by atoms with E-state index in [0.717, 1.165) is 32.1 Å². The highest BCUT2D eigenvalue weighted by Gasteiger charge is 2.46. The van der Waals surface area contributed by atoms with Crippen LogP contribution in [0.2, 0.25) is 0 Å². The molecule has 4 nitrogen and oxygen atoms in total. The Balaban J connectivity index is 1.62. The molecule has 5 heteroatoms. The van der Waals surface area contributed by atoms with Gasteiger partial charge in [-0.05, 0) is 37.7 Å². The predicted molar refractivity (Wildman–Crippen MR) is 97.1 cm³/mol. The Hall–Kier alpha value is -1.91. The molecule has 2 aliphatic rings. The highest BCUT2D eigenvalue weighted by molar-refractivity contribution is 5.86. The average Bonchev–Trinajstić information content (AvgIpc) is 3.13. The van der Waals surface area contributed by atoms with Crippen LogP contribution in [0.3, 0.4) is 0 Å². The molecule has 0 bridgehead atoms. The number of halogens is 1. The first-order chi connectivity index (χ1) is 12.5. The van der Waals surface area contributed by atoms with Crippen LogP contribution in [0.4, 0.5) is 4.39 Å². The van der Waals surface area contributed by atoms with E-state index in [-0.39, 0.29) is 24.4 Å². The molecule has 0 heterocycles. The van der Waals surface area contributed by atoms with E-state index in [1.165, 1.54) is 12.5 Å².